The van der Waals surface area contributed by atoms with Crippen molar-refractivity contribution in [2.45, 2.75) is 20.5 Å². The minimum Gasteiger partial charge on any atom is -0.493 e. The van der Waals surface area contributed by atoms with Crippen LogP contribution in [0.1, 0.15) is 22.3 Å². The Balaban J connectivity index is 1.65. The van der Waals surface area contributed by atoms with E-state index in [9.17, 15) is 14.4 Å². The minimum absolute atomic E-state index is 0.183. The Bertz CT molecular complexity index is 1380. The van der Waals surface area contributed by atoms with Crippen LogP contribution in [-0.4, -0.2) is 25.0 Å². The molecule has 1 aliphatic rings. The lowest BCUT2D eigenvalue weighted by Gasteiger charge is -2.27. The lowest BCUT2D eigenvalue weighted by atomic mass is 10.0. The van der Waals surface area contributed by atoms with E-state index in [-0.39, 0.29) is 12.2 Å². The molecular formula is C27H22BrClN2O5. The van der Waals surface area contributed by atoms with E-state index >= 15 is 0 Å². The number of hydrogen-bond donors (Lipinski definition) is 1. The Kier molecular flexibility index (Phi) is 7.47. The Morgan fingerprint density at radius 3 is 2.31 bits per heavy atom. The van der Waals surface area contributed by atoms with Gasteiger partial charge in [0.15, 0.2) is 11.5 Å². The standard InChI is InChI=1S/C27H22BrClN2O5/c1-15-8-16(2)10-20(9-15)31-26(33)21(25(32)30-27(31)34)11-18-12-22(28)24(23(13-18)35-3)36-14-17-4-6-19(29)7-5-17/h4-13H,14H2,1-3H3,(H,30,32,34)/b21-11+. The zero-order valence-corrected chi connectivity index (χ0v) is 22.1. The number of hydrogen-bond acceptors (Lipinski definition) is 5. The fourth-order valence-electron chi connectivity index (χ4n) is 3.84. The number of barbiturate groups is 1. The Morgan fingerprint density at radius 1 is 1.00 bits per heavy atom. The molecule has 3 aromatic carbocycles. The van der Waals surface area contributed by atoms with Gasteiger partial charge in [0.05, 0.1) is 17.3 Å². The van der Waals surface area contributed by atoms with Crippen molar-refractivity contribution >= 4 is 57.1 Å². The molecule has 1 saturated heterocycles. The number of ether oxygens (including phenoxy) is 2. The molecule has 1 fully saturated rings. The highest BCUT2D eigenvalue weighted by Gasteiger charge is 2.37. The maximum absolute atomic E-state index is 13.3. The monoisotopic (exact) mass is 568 g/mol. The highest BCUT2D eigenvalue weighted by Crippen LogP contribution is 2.38. The third kappa shape index (κ3) is 5.45. The van der Waals surface area contributed by atoms with E-state index in [0.717, 1.165) is 21.6 Å². The molecule has 1 N–H and O–H groups in total. The number of anilines is 1. The average molecular weight is 570 g/mol. The number of carbonyl (C=O) groups excluding carboxylic acids is 3. The van der Waals surface area contributed by atoms with Crippen LogP contribution in [0.5, 0.6) is 11.5 Å². The predicted molar refractivity (Wildman–Crippen MR) is 141 cm³/mol. The normalized spacial score (nSPS) is 14.8. The SMILES string of the molecule is COc1cc(/C=C2\C(=O)NC(=O)N(c3cc(C)cc(C)c3)C2=O)cc(Br)c1OCc1ccc(Cl)cc1. The molecule has 1 aliphatic heterocycles. The maximum Gasteiger partial charge on any atom is 0.335 e. The Labute approximate surface area is 221 Å². The molecule has 0 atom stereocenters. The number of halogens is 2. The molecule has 1 heterocycles. The van der Waals surface area contributed by atoms with E-state index in [1.165, 1.54) is 13.2 Å². The zero-order chi connectivity index (χ0) is 26.0. The van der Waals surface area contributed by atoms with E-state index in [0.29, 0.717) is 32.2 Å². The quantitative estimate of drug-likeness (QED) is 0.292. The molecule has 3 aromatic rings. The van der Waals surface area contributed by atoms with Gasteiger partial charge in [-0.25, -0.2) is 9.69 Å². The first kappa shape index (κ1) is 25.5. The number of rotatable bonds is 6. The van der Waals surface area contributed by atoms with Crippen molar-refractivity contribution in [3.05, 3.63) is 91.9 Å². The summed E-state index contributed by atoms with van der Waals surface area (Å²) in [4.78, 5) is 39.4. The van der Waals surface area contributed by atoms with Gasteiger partial charge in [-0.05, 0) is 94.5 Å². The van der Waals surface area contributed by atoms with Crippen LogP contribution in [0.25, 0.3) is 6.08 Å². The first-order chi connectivity index (χ1) is 17.2. The second kappa shape index (κ2) is 10.6. The van der Waals surface area contributed by atoms with E-state index in [2.05, 4.69) is 21.2 Å². The largest absolute Gasteiger partial charge is 0.493 e. The first-order valence-electron chi connectivity index (χ1n) is 10.9. The summed E-state index contributed by atoms with van der Waals surface area (Å²) in [6.45, 7) is 4.01. The molecule has 0 aromatic heterocycles. The van der Waals surface area contributed by atoms with Gasteiger partial charge in [0.1, 0.15) is 12.2 Å². The number of nitrogens with zero attached hydrogens (tertiary/aromatic N) is 1. The van der Waals surface area contributed by atoms with Crippen molar-refractivity contribution in [3.8, 4) is 11.5 Å². The van der Waals surface area contributed by atoms with Crippen molar-refractivity contribution in [1.82, 2.24) is 5.32 Å². The van der Waals surface area contributed by atoms with Crippen LogP contribution in [0.4, 0.5) is 10.5 Å². The first-order valence-corrected chi connectivity index (χ1v) is 12.1. The molecule has 0 bridgehead atoms. The smallest absolute Gasteiger partial charge is 0.335 e. The van der Waals surface area contributed by atoms with Crippen molar-refractivity contribution < 1.29 is 23.9 Å². The Morgan fingerprint density at radius 2 is 1.67 bits per heavy atom. The summed E-state index contributed by atoms with van der Waals surface area (Å²) in [5, 5.41) is 2.88. The lowest BCUT2D eigenvalue weighted by Crippen LogP contribution is -2.54. The number of imide groups is 2. The van der Waals surface area contributed by atoms with Crippen molar-refractivity contribution in [3.63, 3.8) is 0 Å². The van der Waals surface area contributed by atoms with Gasteiger partial charge in [0.2, 0.25) is 0 Å². The number of methoxy groups -OCH3 is 1. The molecule has 7 nitrogen and oxygen atoms in total. The van der Waals surface area contributed by atoms with Crippen molar-refractivity contribution in [1.29, 1.82) is 0 Å². The molecule has 0 spiro atoms. The molecule has 184 valence electrons. The number of carbonyl (C=O) groups is 3. The van der Waals surface area contributed by atoms with Gasteiger partial charge in [0.25, 0.3) is 11.8 Å². The summed E-state index contributed by atoms with van der Waals surface area (Å²) >= 11 is 9.43. The molecule has 36 heavy (non-hydrogen) atoms. The van der Waals surface area contributed by atoms with Crippen molar-refractivity contribution in [2.24, 2.45) is 0 Å². The fourth-order valence-corrected chi connectivity index (χ4v) is 4.54. The van der Waals surface area contributed by atoms with Crippen LogP contribution in [0.15, 0.2) is 64.6 Å². The van der Waals surface area contributed by atoms with Gasteiger partial charge in [-0.3, -0.25) is 14.9 Å². The maximum atomic E-state index is 13.3. The molecule has 0 unspecified atom stereocenters. The van der Waals surface area contributed by atoms with E-state index < -0.39 is 17.8 Å². The number of aryl methyl sites for hydroxylation is 2. The summed E-state index contributed by atoms with van der Waals surface area (Å²) in [6.07, 6.45) is 1.41. The molecule has 0 saturated carbocycles. The summed E-state index contributed by atoms with van der Waals surface area (Å²) in [6, 6.07) is 15.2. The minimum atomic E-state index is -0.795. The van der Waals surface area contributed by atoms with Gasteiger partial charge in [-0.15, -0.1) is 0 Å². The third-order valence-corrected chi connectivity index (χ3v) is 6.27. The van der Waals surface area contributed by atoms with Gasteiger partial charge in [0, 0.05) is 5.02 Å². The number of amides is 4. The van der Waals surface area contributed by atoms with Crippen LogP contribution in [0.3, 0.4) is 0 Å². The van der Waals surface area contributed by atoms with Crippen LogP contribution in [0, 0.1) is 13.8 Å². The highest BCUT2D eigenvalue weighted by molar-refractivity contribution is 9.10. The molecule has 0 aliphatic carbocycles. The third-order valence-electron chi connectivity index (χ3n) is 5.43. The average Bonchev–Trinajstić information content (AvgIpc) is 2.81. The van der Waals surface area contributed by atoms with Gasteiger partial charge in [-0.2, -0.15) is 0 Å². The second-order valence-electron chi connectivity index (χ2n) is 8.25. The Hall–Kier alpha value is -3.62. The van der Waals surface area contributed by atoms with E-state index in [1.54, 1.807) is 36.4 Å². The zero-order valence-electron chi connectivity index (χ0n) is 19.7. The number of benzene rings is 3. The fraction of sp³-hybridized carbons (Fsp3) is 0.148. The summed E-state index contributed by atoms with van der Waals surface area (Å²) in [5.74, 6) is -0.632. The lowest BCUT2D eigenvalue weighted by molar-refractivity contribution is -0.122. The summed E-state index contributed by atoms with van der Waals surface area (Å²) < 4.78 is 12.0. The highest BCUT2D eigenvalue weighted by atomic mass is 79.9. The molecule has 4 amide bonds. The van der Waals surface area contributed by atoms with Crippen molar-refractivity contribution in [2.75, 3.05) is 12.0 Å². The topological polar surface area (TPSA) is 84.9 Å². The van der Waals surface area contributed by atoms with Crippen LogP contribution >= 0.6 is 27.5 Å². The number of nitrogens with one attached hydrogen (secondary N) is 1. The predicted octanol–water partition coefficient (Wildman–Crippen LogP) is 5.97. The van der Waals surface area contributed by atoms with Gasteiger partial charge >= 0.3 is 6.03 Å². The molecule has 0 radical (unpaired) electrons. The molecule has 9 heteroatoms. The second-order valence-corrected chi connectivity index (χ2v) is 9.54. The number of urea groups is 1. The van der Waals surface area contributed by atoms with Crippen LogP contribution in [0.2, 0.25) is 5.02 Å². The summed E-state index contributed by atoms with van der Waals surface area (Å²) in [5.41, 5.74) is 3.40. The van der Waals surface area contributed by atoms with Gasteiger partial charge < -0.3 is 9.47 Å². The van der Waals surface area contributed by atoms with E-state index in [1.807, 2.05) is 32.0 Å². The molecular weight excluding hydrogens is 548 g/mol. The molecule has 4 rings (SSSR count). The van der Waals surface area contributed by atoms with Gasteiger partial charge in [-0.1, -0.05) is 29.8 Å². The summed E-state index contributed by atoms with van der Waals surface area (Å²) in [7, 11) is 1.49. The van der Waals surface area contributed by atoms with Crippen LogP contribution < -0.4 is 19.7 Å². The van der Waals surface area contributed by atoms with Crippen LogP contribution in [-0.2, 0) is 16.2 Å². The van der Waals surface area contributed by atoms with E-state index in [4.69, 9.17) is 21.1 Å².